The summed E-state index contributed by atoms with van der Waals surface area (Å²) >= 11 is 0. The fourth-order valence-corrected chi connectivity index (χ4v) is 2.39. The molecule has 1 aromatic carbocycles. The quantitative estimate of drug-likeness (QED) is 0.786. The average molecular weight is 232 g/mol. The van der Waals surface area contributed by atoms with Crippen LogP contribution in [0, 0.1) is 0 Å². The van der Waals surface area contributed by atoms with Crippen molar-refractivity contribution in [2.75, 3.05) is 0 Å². The molecule has 1 aliphatic heterocycles. The van der Waals surface area contributed by atoms with Crippen molar-refractivity contribution >= 4 is 5.78 Å². The molecule has 1 fully saturated rings. The van der Waals surface area contributed by atoms with Crippen LogP contribution in [0.25, 0.3) is 0 Å². The average Bonchev–Trinajstić information content (AvgIpc) is 2.51. The molecule has 1 aliphatic carbocycles. The maximum atomic E-state index is 10.9. The van der Waals surface area contributed by atoms with Crippen LogP contribution in [0.5, 0.6) is 11.5 Å². The van der Waals surface area contributed by atoms with Gasteiger partial charge < -0.3 is 9.47 Å². The largest absolute Gasteiger partial charge is 0.486 e. The Balaban J connectivity index is 1.82. The van der Waals surface area contributed by atoms with Gasteiger partial charge in [-0.1, -0.05) is 12.1 Å². The second-order valence-corrected chi connectivity index (χ2v) is 5.47. The zero-order valence-corrected chi connectivity index (χ0v) is 10.2. The summed E-state index contributed by atoms with van der Waals surface area (Å²) in [5, 5.41) is 0. The van der Waals surface area contributed by atoms with Crippen LogP contribution in [-0.2, 0) is 11.2 Å². The molecular formula is C14H16O3. The molecule has 90 valence electrons. The van der Waals surface area contributed by atoms with Crippen molar-refractivity contribution in [3.05, 3.63) is 23.8 Å². The van der Waals surface area contributed by atoms with E-state index < -0.39 is 0 Å². The van der Waals surface area contributed by atoms with Gasteiger partial charge in [-0.05, 0) is 19.9 Å². The zero-order chi connectivity index (χ0) is 12.0. The van der Waals surface area contributed by atoms with Crippen molar-refractivity contribution in [1.29, 1.82) is 0 Å². The summed E-state index contributed by atoms with van der Waals surface area (Å²) in [6.07, 6.45) is 2.02. The van der Waals surface area contributed by atoms with Crippen molar-refractivity contribution in [3.63, 3.8) is 0 Å². The summed E-state index contributed by atoms with van der Waals surface area (Å²) in [7, 11) is 0. The minimum Gasteiger partial charge on any atom is -0.486 e. The Morgan fingerprint density at radius 1 is 1.35 bits per heavy atom. The van der Waals surface area contributed by atoms with Crippen molar-refractivity contribution in [2.24, 2.45) is 0 Å². The molecule has 0 unspecified atom stereocenters. The van der Waals surface area contributed by atoms with E-state index in [2.05, 4.69) is 19.9 Å². The highest BCUT2D eigenvalue weighted by atomic mass is 16.5. The first-order chi connectivity index (χ1) is 8.03. The number of carbonyl (C=O) groups excluding carboxylic acids is 1. The third-order valence-corrected chi connectivity index (χ3v) is 3.26. The van der Waals surface area contributed by atoms with Crippen molar-refractivity contribution in [1.82, 2.24) is 0 Å². The number of Topliss-reactive ketones (excluding diaryl/α,β-unsaturated/α-hetero) is 1. The van der Waals surface area contributed by atoms with E-state index in [0.717, 1.165) is 17.9 Å². The summed E-state index contributed by atoms with van der Waals surface area (Å²) in [4.78, 5) is 10.9. The molecule has 0 saturated heterocycles. The van der Waals surface area contributed by atoms with Gasteiger partial charge in [0.25, 0.3) is 0 Å². The van der Waals surface area contributed by atoms with Gasteiger partial charge in [0.15, 0.2) is 11.5 Å². The monoisotopic (exact) mass is 232 g/mol. The number of carbonyl (C=O) groups is 1. The number of para-hydroxylation sites is 1. The van der Waals surface area contributed by atoms with Gasteiger partial charge in [0.1, 0.15) is 17.5 Å². The molecule has 0 amide bonds. The fraction of sp³-hybridized carbons (Fsp3) is 0.500. The van der Waals surface area contributed by atoms with Crippen LogP contribution in [0.1, 0.15) is 32.3 Å². The Hall–Kier alpha value is -1.51. The SMILES string of the molecule is CC1(C)Cc2cccc(OC3CC(=O)C3)c2O1. The van der Waals surface area contributed by atoms with Gasteiger partial charge in [-0.2, -0.15) is 0 Å². The Kier molecular flexibility index (Phi) is 2.18. The molecule has 1 heterocycles. The fourth-order valence-electron chi connectivity index (χ4n) is 2.39. The molecule has 0 N–H and O–H groups in total. The number of rotatable bonds is 2. The first-order valence-corrected chi connectivity index (χ1v) is 6.03. The first kappa shape index (κ1) is 10.6. The third-order valence-electron chi connectivity index (χ3n) is 3.26. The minimum atomic E-state index is -0.156. The minimum absolute atomic E-state index is 0.0429. The molecule has 0 radical (unpaired) electrons. The maximum absolute atomic E-state index is 10.9. The molecule has 0 bridgehead atoms. The zero-order valence-electron chi connectivity index (χ0n) is 10.2. The van der Waals surface area contributed by atoms with Crippen molar-refractivity contribution < 1.29 is 14.3 Å². The third kappa shape index (κ3) is 1.90. The van der Waals surface area contributed by atoms with E-state index in [4.69, 9.17) is 9.47 Å². The number of hydrogen-bond donors (Lipinski definition) is 0. The number of ketones is 1. The van der Waals surface area contributed by atoms with Crippen LogP contribution in [-0.4, -0.2) is 17.5 Å². The summed E-state index contributed by atoms with van der Waals surface area (Å²) in [5.74, 6) is 1.92. The predicted molar refractivity (Wildman–Crippen MR) is 63.5 cm³/mol. The van der Waals surface area contributed by atoms with Crippen LogP contribution in [0.3, 0.4) is 0 Å². The Labute approximate surface area is 101 Å². The second kappa shape index (κ2) is 3.49. The lowest BCUT2D eigenvalue weighted by Gasteiger charge is -2.26. The van der Waals surface area contributed by atoms with Crippen LogP contribution >= 0.6 is 0 Å². The molecule has 0 aromatic heterocycles. The molecule has 3 nitrogen and oxygen atoms in total. The predicted octanol–water partition coefficient (Wildman–Crippen LogP) is 2.51. The lowest BCUT2D eigenvalue weighted by Crippen LogP contribution is -2.33. The summed E-state index contributed by atoms with van der Waals surface area (Å²) in [6, 6.07) is 5.98. The molecule has 2 aliphatic rings. The van der Waals surface area contributed by atoms with Gasteiger partial charge in [-0.25, -0.2) is 0 Å². The summed E-state index contributed by atoms with van der Waals surface area (Å²) < 4.78 is 11.7. The second-order valence-electron chi connectivity index (χ2n) is 5.47. The summed E-state index contributed by atoms with van der Waals surface area (Å²) in [6.45, 7) is 4.15. The van der Waals surface area contributed by atoms with Crippen LogP contribution in [0.2, 0.25) is 0 Å². The van der Waals surface area contributed by atoms with Gasteiger partial charge in [0.05, 0.1) is 0 Å². The lowest BCUT2D eigenvalue weighted by atomic mass is 9.94. The normalized spacial score (nSPS) is 21.6. The molecule has 17 heavy (non-hydrogen) atoms. The maximum Gasteiger partial charge on any atom is 0.165 e. The lowest BCUT2D eigenvalue weighted by molar-refractivity contribution is -0.129. The van der Waals surface area contributed by atoms with Gasteiger partial charge in [0, 0.05) is 24.8 Å². The van der Waals surface area contributed by atoms with E-state index in [1.807, 2.05) is 12.1 Å². The van der Waals surface area contributed by atoms with Crippen molar-refractivity contribution in [3.8, 4) is 11.5 Å². The van der Waals surface area contributed by atoms with Gasteiger partial charge in [-0.15, -0.1) is 0 Å². The van der Waals surface area contributed by atoms with Crippen LogP contribution in [0.4, 0.5) is 0 Å². The van der Waals surface area contributed by atoms with E-state index in [1.54, 1.807) is 0 Å². The topological polar surface area (TPSA) is 35.5 Å². The highest BCUT2D eigenvalue weighted by Gasteiger charge is 2.34. The van der Waals surface area contributed by atoms with Crippen LogP contribution < -0.4 is 9.47 Å². The number of hydrogen-bond acceptors (Lipinski definition) is 3. The van der Waals surface area contributed by atoms with Gasteiger partial charge >= 0.3 is 0 Å². The smallest absolute Gasteiger partial charge is 0.165 e. The summed E-state index contributed by atoms with van der Waals surface area (Å²) in [5.41, 5.74) is 1.04. The molecule has 3 rings (SSSR count). The molecule has 0 atom stereocenters. The number of ether oxygens (including phenoxy) is 2. The van der Waals surface area contributed by atoms with Crippen molar-refractivity contribution in [2.45, 2.75) is 44.8 Å². The van der Waals surface area contributed by atoms with E-state index in [-0.39, 0.29) is 17.5 Å². The molecular weight excluding hydrogens is 216 g/mol. The first-order valence-electron chi connectivity index (χ1n) is 6.03. The van der Waals surface area contributed by atoms with E-state index in [1.165, 1.54) is 5.56 Å². The highest BCUT2D eigenvalue weighted by molar-refractivity contribution is 5.85. The highest BCUT2D eigenvalue weighted by Crippen LogP contribution is 2.42. The van der Waals surface area contributed by atoms with Gasteiger partial charge in [-0.3, -0.25) is 4.79 Å². The molecule has 3 heteroatoms. The van der Waals surface area contributed by atoms with Gasteiger partial charge in [0.2, 0.25) is 0 Å². The van der Waals surface area contributed by atoms with E-state index in [0.29, 0.717) is 12.8 Å². The molecule has 0 spiro atoms. The number of benzene rings is 1. The Bertz CT molecular complexity index is 468. The standard InChI is InChI=1S/C14H16O3/c1-14(2)8-9-4-3-5-12(13(9)17-14)16-11-6-10(15)7-11/h3-5,11H,6-8H2,1-2H3. The van der Waals surface area contributed by atoms with E-state index >= 15 is 0 Å². The Morgan fingerprint density at radius 2 is 2.12 bits per heavy atom. The molecule has 1 saturated carbocycles. The van der Waals surface area contributed by atoms with Crippen LogP contribution in [0.15, 0.2) is 18.2 Å². The van der Waals surface area contributed by atoms with E-state index in [9.17, 15) is 4.79 Å². The number of fused-ring (bicyclic) bond motifs is 1. The molecule has 1 aromatic rings. The Morgan fingerprint density at radius 3 is 2.82 bits per heavy atom.